The van der Waals surface area contributed by atoms with Gasteiger partial charge in [-0.25, -0.2) is 0 Å². The van der Waals surface area contributed by atoms with Crippen LogP contribution < -0.4 is 10.1 Å². The van der Waals surface area contributed by atoms with Crippen LogP contribution in [0.25, 0.3) is 0 Å². The van der Waals surface area contributed by atoms with Gasteiger partial charge < -0.3 is 14.8 Å². The van der Waals surface area contributed by atoms with Crippen LogP contribution in [0.1, 0.15) is 45.7 Å². The first-order chi connectivity index (χ1) is 9.58. The highest BCUT2D eigenvalue weighted by molar-refractivity contribution is 5.29. The van der Waals surface area contributed by atoms with Gasteiger partial charge in [0.1, 0.15) is 5.75 Å². The third kappa shape index (κ3) is 5.51. The van der Waals surface area contributed by atoms with E-state index in [4.69, 9.17) is 9.47 Å². The molecule has 1 N–H and O–H groups in total. The van der Waals surface area contributed by atoms with E-state index in [9.17, 15) is 0 Å². The summed E-state index contributed by atoms with van der Waals surface area (Å²) in [4.78, 5) is 0. The van der Waals surface area contributed by atoms with E-state index in [2.05, 4.69) is 45.1 Å². The van der Waals surface area contributed by atoms with Crippen LogP contribution in [0.15, 0.2) is 24.3 Å². The molecule has 0 aromatic heterocycles. The first-order valence-electron chi connectivity index (χ1n) is 7.60. The Kier molecular flexibility index (Phi) is 7.63. The lowest BCUT2D eigenvalue weighted by atomic mass is 10.1. The summed E-state index contributed by atoms with van der Waals surface area (Å²) in [6.07, 6.45) is 1.31. The summed E-state index contributed by atoms with van der Waals surface area (Å²) in [5.74, 6) is 1.47. The molecule has 0 spiro atoms. The molecule has 0 aliphatic rings. The Morgan fingerprint density at radius 3 is 2.25 bits per heavy atom. The largest absolute Gasteiger partial charge is 0.494 e. The second-order valence-corrected chi connectivity index (χ2v) is 5.54. The van der Waals surface area contributed by atoms with Gasteiger partial charge in [-0.1, -0.05) is 32.9 Å². The lowest BCUT2D eigenvalue weighted by molar-refractivity contribution is 0.0229. The molecular formula is C17H29NO2. The van der Waals surface area contributed by atoms with E-state index in [0.29, 0.717) is 12.5 Å². The average Bonchev–Trinajstić information content (AvgIpc) is 2.46. The normalized spacial score (nSPS) is 14.3. The minimum atomic E-state index is 0.219. The van der Waals surface area contributed by atoms with Crippen LogP contribution in [0.5, 0.6) is 5.75 Å². The number of ether oxygens (including phenoxy) is 2. The molecule has 3 heteroatoms. The monoisotopic (exact) mass is 279 g/mol. The van der Waals surface area contributed by atoms with E-state index >= 15 is 0 Å². The molecule has 0 heterocycles. The highest BCUT2D eigenvalue weighted by Gasteiger charge is 2.13. The van der Waals surface area contributed by atoms with Crippen LogP contribution in [0.3, 0.4) is 0 Å². The maximum Gasteiger partial charge on any atom is 0.119 e. The first kappa shape index (κ1) is 17.0. The molecule has 0 aliphatic carbocycles. The number of likely N-dealkylation sites (N-methyl/N-ethyl adjacent to an activating group) is 1. The molecule has 0 saturated carbocycles. The van der Waals surface area contributed by atoms with Crippen molar-refractivity contribution in [1.82, 2.24) is 5.32 Å². The quantitative estimate of drug-likeness (QED) is 0.746. The lowest BCUT2D eigenvalue weighted by Gasteiger charge is -2.22. The van der Waals surface area contributed by atoms with E-state index in [0.717, 1.165) is 18.8 Å². The minimum Gasteiger partial charge on any atom is -0.494 e. The summed E-state index contributed by atoms with van der Waals surface area (Å²) in [7, 11) is 1.97. The summed E-state index contributed by atoms with van der Waals surface area (Å²) in [6, 6.07) is 8.49. The third-order valence-corrected chi connectivity index (χ3v) is 3.57. The van der Waals surface area contributed by atoms with Crippen LogP contribution in [-0.4, -0.2) is 26.4 Å². The van der Waals surface area contributed by atoms with Gasteiger partial charge in [-0.3, -0.25) is 0 Å². The molecule has 3 nitrogen and oxygen atoms in total. The predicted octanol–water partition coefficient (Wildman–Crippen LogP) is 3.80. The number of rotatable bonds is 9. The lowest BCUT2D eigenvalue weighted by Crippen LogP contribution is -2.26. The second kappa shape index (κ2) is 8.98. The molecule has 0 radical (unpaired) electrons. The van der Waals surface area contributed by atoms with Crippen molar-refractivity contribution in [2.45, 2.75) is 46.3 Å². The molecule has 2 unspecified atom stereocenters. The minimum absolute atomic E-state index is 0.219. The molecule has 1 aromatic carbocycles. The van der Waals surface area contributed by atoms with Gasteiger partial charge in [-0.05, 0) is 44.0 Å². The van der Waals surface area contributed by atoms with Crippen LogP contribution in [0.2, 0.25) is 0 Å². The Balaban J connectivity index is 2.56. The average molecular weight is 279 g/mol. The van der Waals surface area contributed by atoms with Crippen molar-refractivity contribution in [3.05, 3.63) is 29.8 Å². The zero-order valence-corrected chi connectivity index (χ0v) is 13.5. The predicted molar refractivity (Wildman–Crippen MR) is 84.3 cm³/mol. The van der Waals surface area contributed by atoms with Crippen LogP contribution in [-0.2, 0) is 4.74 Å². The molecule has 114 valence electrons. The van der Waals surface area contributed by atoms with Gasteiger partial charge in [0.15, 0.2) is 0 Å². The molecule has 1 rings (SSSR count). The first-order valence-corrected chi connectivity index (χ1v) is 7.60. The van der Waals surface area contributed by atoms with Gasteiger partial charge in [-0.15, -0.1) is 0 Å². The van der Waals surface area contributed by atoms with Crippen molar-refractivity contribution < 1.29 is 9.47 Å². The Morgan fingerprint density at radius 1 is 1.10 bits per heavy atom. The van der Waals surface area contributed by atoms with E-state index in [1.54, 1.807) is 0 Å². The number of hydrogen-bond donors (Lipinski definition) is 1. The van der Waals surface area contributed by atoms with Crippen molar-refractivity contribution in [3.63, 3.8) is 0 Å². The van der Waals surface area contributed by atoms with Gasteiger partial charge in [0.25, 0.3) is 0 Å². The zero-order chi connectivity index (χ0) is 15.0. The molecular weight excluding hydrogens is 250 g/mol. The van der Waals surface area contributed by atoms with E-state index in [1.807, 2.05) is 19.2 Å². The zero-order valence-electron chi connectivity index (χ0n) is 13.5. The summed E-state index contributed by atoms with van der Waals surface area (Å²) in [5, 5.41) is 3.31. The smallest absolute Gasteiger partial charge is 0.119 e. The third-order valence-electron chi connectivity index (χ3n) is 3.57. The maximum atomic E-state index is 5.91. The molecule has 1 aromatic rings. The Bertz CT molecular complexity index is 362. The number of nitrogens with one attached hydrogen (secondary N) is 1. The van der Waals surface area contributed by atoms with Crippen molar-refractivity contribution in [1.29, 1.82) is 0 Å². The molecule has 2 atom stereocenters. The van der Waals surface area contributed by atoms with Gasteiger partial charge in [0, 0.05) is 0 Å². The molecule has 0 aliphatic heterocycles. The summed E-state index contributed by atoms with van der Waals surface area (Å²) in [6.45, 7) is 10.0. The molecule has 0 saturated heterocycles. The van der Waals surface area contributed by atoms with Crippen LogP contribution in [0.4, 0.5) is 0 Å². The topological polar surface area (TPSA) is 30.5 Å². The second-order valence-electron chi connectivity index (χ2n) is 5.54. The number of hydrogen-bond acceptors (Lipinski definition) is 3. The van der Waals surface area contributed by atoms with E-state index in [1.165, 1.54) is 5.56 Å². The van der Waals surface area contributed by atoms with Gasteiger partial charge in [0.05, 0.1) is 25.4 Å². The SMILES string of the molecule is CCCOc1ccc(C(COC(C)C(C)C)NC)cc1. The van der Waals surface area contributed by atoms with Gasteiger partial charge in [-0.2, -0.15) is 0 Å². The highest BCUT2D eigenvalue weighted by Crippen LogP contribution is 2.19. The van der Waals surface area contributed by atoms with E-state index in [-0.39, 0.29) is 12.1 Å². The fourth-order valence-corrected chi connectivity index (χ4v) is 1.80. The van der Waals surface area contributed by atoms with Crippen LogP contribution in [0, 0.1) is 5.92 Å². The highest BCUT2D eigenvalue weighted by atomic mass is 16.5. The molecule has 20 heavy (non-hydrogen) atoms. The van der Waals surface area contributed by atoms with E-state index < -0.39 is 0 Å². The Hall–Kier alpha value is -1.06. The fraction of sp³-hybridized carbons (Fsp3) is 0.647. The molecule has 0 fully saturated rings. The maximum absolute atomic E-state index is 5.91. The summed E-state index contributed by atoms with van der Waals surface area (Å²) < 4.78 is 11.5. The molecule has 0 bridgehead atoms. The number of benzene rings is 1. The van der Waals surface area contributed by atoms with Crippen molar-refractivity contribution in [2.75, 3.05) is 20.3 Å². The van der Waals surface area contributed by atoms with Crippen molar-refractivity contribution in [2.24, 2.45) is 5.92 Å². The summed E-state index contributed by atoms with van der Waals surface area (Å²) in [5.41, 5.74) is 1.23. The Labute approximate surface area is 123 Å². The fourth-order valence-electron chi connectivity index (χ4n) is 1.80. The summed E-state index contributed by atoms with van der Waals surface area (Å²) >= 11 is 0. The van der Waals surface area contributed by atoms with Gasteiger partial charge in [0.2, 0.25) is 0 Å². The van der Waals surface area contributed by atoms with Crippen LogP contribution >= 0.6 is 0 Å². The van der Waals surface area contributed by atoms with Crippen molar-refractivity contribution in [3.8, 4) is 5.75 Å². The van der Waals surface area contributed by atoms with Crippen molar-refractivity contribution >= 4 is 0 Å². The standard InChI is InChI=1S/C17H29NO2/c1-6-11-19-16-9-7-15(8-10-16)17(18-5)12-20-14(4)13(2)3/h7-10,13-14,17-18H,6,11-12H2,1-5H3. The van der Waals surface area contributed by atoms with Gasteiger partial charge >= 0.3 is 0 Å². The Morgan fingerprint density at radius 2 is 1.75 bits per heavy atom. The molecule has 0 amide bonds.